The third kappa shape index (κ3) is 2.19. The standard InChI is InChI=1S/C15H20FNS/c16-14-4-2-1-3-12(14)13-11-17-8-5-15(13)6-9-18-10-7-15/h1-4,13,17H,5-11H2. The van der Waals surface area contributed by atoms with Crippen LogP contribution in [0.15, 0.2) is 24.3 Å². The maximum atomic E-state index is 14.1. The smallest absolute Gasteiger partial charge is 0.126 e. The summed E-state index contributed by atoms with van der Waals surface area (Å²) in [6, 6.07) is 7.35. The van der Waals surface area contributed by atoms with Gasteiger partial charge >= 0.3 is 0 Å². The van der Waals surface area contributed by atoms with E-state index in [0.29, 0.717) is 11.3 Å². The Morgan fingerprint density at radius 1 is 1.17 bits per heavy atom. The first kappa shape index (κ1) is 12.5. The molecule has 0 radical (unpaired) electrons. The molecule has 0 aromatic heterocycles. The van der Waals surface area contributed by atoms with Crippen LogP contribution in [0.1, 0.15) is 30.7 Å². The van der Waals surface area contributed by atoms with Gasteiger partial charge in [0.25, 0.3) is 0 Å². The van der Waals surface area contributed by atoms with Crippen molar-refractivity contribution in [2.24, 2.45) is 5.41 Å². The number of hydrogen-bond donors (Lipinski definition) is 1. The van der Waals surface area contributed by atoms with E-state index in [4.69, 9.17) is 0 Å². The molecule has 0 amide bonds. The maximum absolute atomic E-state index is 14.1. The second kappa shape index (κ2) is 5.22. The Morgan fingerprint density at radius 2 is 1.94 bits per heavy atom. The Balaban J connectivity index is 1.94. The van der Waals surface area contributed by atoms with Gasteiger partial charge < -0.3 is 5.32 Å². The summed E-state index contributed by atoms with van der Waals surface area (Å²) in [6.45, 7) is 2.03. The highest BCUT2D eigenvalue weighted by Gasteiger charge is 2.42. The Morgan fingerprint density at radius 3 is 2.72 bits per heavy atom. The van der Waals surface area contributed by atoms with Gasteiger partial charge in [-0.25, -0.2) is 4.39 Å². The van der Waals surface area contributed by atoms with E-state index in [2.05, 4.69) is 5.32 Å². The van der Waals surface area contributed by atoms with E-state index in [1.165, 1.54) is 30.8 Å². The largest absolute Gasteiger partial charge is 0.316 e. The minimum atomic E-state index is -0.0243. The van der Waals surface area contributed by atoms with Crippen molar-refractivity contribution < 1.29 is 4.39 Å². The number of piperidine rings is 1. The molecule has 98 valence electrons. The maximum Gasteiger partial charge on any atom is 0.126 e. The molecular formula is C15H20FNS. The van der Waals surface area contributed by atoms with Gasteiger partial charge in [-0.1, -0.05) is 18.2 Å². The van der Waals surface area contributed by atoms with Gasteiger partial charge in [-0.05, 0) is 54.4 Å². The molecule has 2 aliphatic heterocycles. The lowest BCUT2D eigenvalue weighted by atomic mass is 9.64. The predicted molar refractivity (Wildman–Crippen MR) is 75.6 cm³/mol. The van der Waals surface area contributed by atoms with E-state index in [1.807, 2.05) is 23.9 Å². The summed E-state index contributed by atoms with van der Waals surface area (Å²) >= 11 is 2.05. The number of benzene rings is 1. The fraction of sp³-hybridized carbons (Fsp3) is 0.600. The van der Waals surface area contributed by atoms with Gasteiger partial charge in [-0.15, -0.1) is 0 Å². The van der Waals surface area contributed by atoms with Crippen LogP contribution in [0.5, 0.6) is 0 Å². The molecule has 0 saturated carbocycles. The highest BCUT2D eigenvalue weighted by Crippen LogP contribution is 2.50. The van der Waals surface area contributed by atoms with E-state index in [-0.39, 0.29) is 5.82 Å². The van der Waals surface area contributed by atoms with Crippen molar-refractivity contribution in [3.05, 3.63) is 35.6 Å². The van der Waals surface area contributed by atoms with Gasteiger partial charge in [-0.2, -0.15) is 11.8 Å². The molecule has 1 spiro atoms. The highest BCUT2D eigenvalue weighted by molar-refractivity contribution is 7.99. The number of halogens is 1. The van der Waals surface area contributed by atoms with Crippen LogP contribution in [-0.2, 0) is 0 Å². The summed E-state index contributed by atoms with van der Waals surface area (Å²) in [5, 5.41) is 3.46. The average Bonchev–Trinajstić information content (AvgIpc) is 2.41. The van der Waals surface area contributed by atoms with Crippen LogP contribution < -0.4 is 5.32 Å². The molecule has 1 unspecified atom stereocenters. The molecule has 0 aliphatic carbocycles. The second-order valence-corrected chi connectivity index (χ2v) is 6.73. The normalized spacial score (nSPS) is 27.3. The summed E-state index contributed by atoms with van der Waals surface area (Å²) < 4.78 is 14.1. The Hall–Kier alpha value is -0.540. The highest BCUT2D eigenvalue weighted by atomic mass is 32.2. The van der Waals surface area contributed by atoms with E-state index in [0.717, 1.165) is 18.7 Å². The van der Waals surface area contributed by atoms with Crippen LogP contribution in [-0.4, -0.2) is 24.6 Å². The third-order valence-electron chi connectivity index (χ3n) is 4.66. The molecule has 2 heterocycles. The fourth-order valence-electron chi connectivity index (χ4n) is 3.55. The summed E-state index contributed by atoms with van der Waals surface area (Å²) in [5.41, 5.74) is 1.27. The molecule has 1 aromatic carbocycles. The first-order valence-corrected chi connectivity index (χ1v) is 8.00. The van der Waals surface area contributed by atoms with Crippen molar-refractivity contribution in [2.45, 2.75) is 25.2 Å². The third-order valence-corrected chi connectivity index (χ3v) is 5.64. The van der Waals surface area contributed by atoms with Crippen LogP contribution in [0.4, 0.5) is 4.39 Å². The molecule has 1 N–H and O–H groups in total. The molecule has 18 heavy (non-hydrogen) atoms. The molecule has 0 bridgehead atoms. The quantitative estimate of drug-likeness (QED) is 0.835. The molecule has 2 saturated heterocycles. The molecule has 1 aromatic rings. The zero-order valence-corrected chi connectivity index (χ0v) is 11.4. The van der Waals surface area contributed by atoms with Crippen LogP contribution in [0.2, 0.25) is 0 Å². The van der Waals surface area contributed by atoms with Gasteiger partial charge in [-0.3, -0.25) is 0 Å². The topological polar surface area (TPSA) is 12.0 Å². The number of thioether (sulfide) groups is 1. The number of rotatable bonds is 1. The summed E-state index contributed by atoms with van der Waals surface area (Å²) in [6.07, 6.45) is 3.70. The SMILES string of the molecule is Fc1ccccc1C1CNCCC12CCSCC2. The second-order valence-electron chi connectivity index (χ2n) is 5.50. The minimum Gasteiger partial charge on any atom is -0.316 e. The van der Waals surface area contributed by atoms with Crippen molar-refractivity contribution in [3.8, 4) is 0 Å². The van der Waals surface area contributed by atoms with E-state index < -0.39 is 0 Å². The lowest BCUT2D eigenvalue weighted by Crippen LogP contribution is -2.45. The van der Waals surface area contributed by atoms with Crippen molar-refractivity contribution in [2.75, 3.05) is 24.6 Å². The van der Waals surface area contributed by atoms with Crippen LogP contribution in [0.3, 0.4) is 0 Å². The van der Waals surface area contributed by atoms with Crippen molar-refractivity contribution >= 4 is 11.8 Å². The first-order chi connectivity index (χ1) is 8.82. The van der Waals surface area contributed by atoms with Gasteiger partial charge in [0.2, 0.25) is 0 Å². The minimum absolute atomic E-state index is 0.0243. The van der Waals surface area contributed by atoms with Crippen LogP contribution in [0.25, 0.3) is 0 Å². The zero-order valence-electron chi connectivity index (χ0n) is 10.6. The average molecular weight is 265 g/mol. The molecule has 3 heteroatoms. The predicted octanol–water partition coefficient (Wildman–Crippen LogP) is 3.42. The van der Waals surface area contributed by atoms with Gasteiger partial charge in [0.1, 0.15) is 5.82 Å². The Bertz CT molecular complexity index is 406. The van der Waals surface area contributed by atoms with Gasteiger partial charge in [0.05, 0.1) is 0 Å². The Kier molecular flexibility index (Phi) is 3.62. The van der Waals surface area contributed by atoms with Crippen molar-refractivity contribution in [1.29, 1.82) is 0 Å². The zero-order chi connectivity index (χ0) is 12.4. The molecule has 2 aliphatic rings. The van der Waals surface area contributed by atoms with E-state index in [1.54, 1.807) is 12.1 Å². The van der Waals surface area contributed by atoms with Gasteiger partial charge in [0, 0.05) is 12.5 Å². The monoisotopic (exact) mass is 265 g/mol. The fourth-order valence-corrected chi connectivity index (χ4v) is 4.85. The molecule has 1 atom stereocenters. The van der Waals surface area contributed by atoms with Crippen molar-refractivity contribution in [1.82, 2.24) is 5.32 Å². The number of hydrogen-bond acceptors (Lipinski definition) is 2. The summed E-state index contributed by atoms with van der Waals surface area (Å²) in [5.74, 6) is 2.81. The van der Waals surface area contributed by atoms with Crippen LogP contribution >= 0.6 is 11.8 Å². The van der Waals surface area contributed by atoms with Gasteiger partial charge in [0.15, 0.2) is 0 Å². The Labute approximate surface area is 113 Å². The summed E-state index contributed by atoms with van der Waals surface area (Å²) in [7, 11) is 0. The lowest BCUT2D eigenvalue weighted by Gasteiger charge is -2.47. The first-order valence-electron chi connectivity index (χ1n) is 6.85. The van der Waals surface area contributed by atoms with E-state index >= 15 is 0 Å². The van der Waals surface area contributed by atoms with Crippen LogP contribution in [0, 0.1) is 11.2 Å². The summed E-state index contributed by atoms with van der Waals surface area (Å²) in [4.78, 5) is 0. The molecular weight excluding hydrogens is 245 g/mol. The van der Waals surface area contributed by atoms with Crippen molar-refractivity contribution in [3.63, 3.8) is 0 Å². The molecule has 3 rings (SSSR count). The van der Waals surface area contributed by atoms with E-state index in [9.17, 15) is 4.39 Å². The number of nitrogens with one attached hydrogen (secondary N) is 1. The lowest BCUT2D eigenvalue weighted by molar-refractivity contribution is 0.144. The molecule has 2 fully saturated rings. The molecule has 1 nitrogen and oxygen atoms in total.